The third kappa shape index (κ3) is 2.55. The molecule has 1 aromatic carbocycles. The van der Waals surface area contributed by atoms with Gasteiger partial charge in [-0.05, 0) is 18.2 Å². The van der Waals surface area contributed by atoms with Crippen molar-refractivity contribution < 1.29 is 22.3 Å². The minimum atomic E-state index is -3.87. The Morgan fingerprint density at radius 1 is 1.31 bits per heavy atom. The molecular weight excluding hydrogens is 240 g/mol. The molecule has 0 amide bonds. The number of rotatable bonds is 4. The smallest absolute Gasteiger partial charge is 0.243 e. The van der Waals surface area contributed by atoms with E-state index in [9.17, 15) is 17.2 Å². The Labute approximate surface area is 92.2 Å². The first kappa shape index (κ1) is 13.0. The Morgan fingerprint density at radius 3 is 2.44 bits per heavy atom. The zero-order valence-corrected chi connectivity index (χ0v) is 9.34. The van der Waals surface area contributed by atoms with Crippen LogP contribution in [0.1, 0.15) is 0 Å². The summed E-state index contributed by atoms with van der Waals surface area (Å²) >= 11 is 0. The van der Waals surface area contributed by atoms with Crippen molar-refractivity contribution in [1.29, 1.82) is 0 Å². The maximum Gasteiger partial charge on any atom is 0.243 e. The molecule has 0 aliphatic heterocycles. The summed E-state index contributed by atoms with van der Waals surface area (Å²) < 4.78 is 49.7. The van der Waals surface area contributed by atoms with Crippen LogP contribution in [0.15, 0.2) is 23.1 Å². The van der Waals surface area contributed by atoms with E-state index < -0.39 is 21.7 Å². The van der Waals surface area contributed by atoms with E-state index in [1.54, 1.807) is 0 Å². The number of hydrogen-bond donors (Lipinski definition) is 1. The van der Waals surface area contributed by atoms with Crippen molar-refractivity contribution in [3.05, 3.63) is 29.8 Å². The van der Waals surface area contributed by atoms with Crippen molar-refractivity contribution in [1.82, 2.24) is 4.31 Å². The fourth-order valence-electron chi connectivity index (χ4n) is 1.08. The number of aliphatic hydroxyl groups is 1. The lowest BCUT2D eigenvalue weighted by Crippen LogP contribution is -2.29. The lowest BCUT2D eigenvalue weighted by molar-refractivity contribution is 0.266. The van der Waals surface area contributed by atoms with Crippen LogP contribution in [0.4, 0.5) is 8.78 Å². The molecule has 0 radical (unpaired) electrons. The first-order valence-corrected chi connectivity index (χ1v) is 5.86. The minimum Gasteiger partial charge on any atom is -0.395 e. The molecule has 0 bridgehead atoms. The van der Waals surface area contributed by atoms with Crippen LogP contribution in [0.2, 0.25) is 0 Å². The molecule has 90 valence electrons. The van der Waals surface area contributed by atoms with Crippen LogP contribution in [0.3, 0.4) is 0 Å². The van der Waals surface area contributed by atoms with E-state index in [1.807, 2.05) is 0 Å². The van der Waals surface area contributed by atoms with Gasteiger partial charge in [-0.3, -0.25) is 0 Å². The minimum absolute atomic E-state index is 0.110. The zero-order valence-electron chi connectivity index (χ0n) is 8.52. The van der Waals surface area contributed by atoms with Crippen LogP contribution in [-0.2, 0) is 10.0 Å². The number of aliphatic hydroxyl groups excluding tert-OH is 1. The number of hydrogen-bond acceptors (Lipinski definition) is 3. The van der Waals surface area contributed by atoms with Crippen molar-refractivity contribution in [2.75, 3.05) is 20.2 Å². The molecule has 0 heterocycles. The first-order chi connectivity index (χ1) is 7.39. The number of likely N-dealkylation sites (N-methyl/N-ethyl adjacent to an activating group) is 1. The molecule has 7 heteroatoms. The van der Waals surface area contributed by atoms with Crippen LogP contribution >= 0.6 is 0 Å². The highest BCUT2D eigenvalue weighted by Gasteiger charge is 2.21. The van der Waals surface area contributed by atoms with Crippen molar-refractivity contribution >= 4 is 10.0 Å². The van der Waals surface area contributed by atoms with Crippen LogP contribution < -0.4 is 0 Å². The fraction of sp³-hybridized carbons (Fsp3) is 0.333. The largest absolute Gasteiger partial charge is 0.395 e. The molecule has 1 rings (SSSR count). The highest BCUT2D eigenvalue weighted by atomic mass is 32.2. The number of sulfonamides is 1. The lowest BCUT2D eigenvalue weighted by Gasteiger charge is -2.15. The second kappa shape index (κ2) is 4.86. The van der Waals surface area contributed by atoms with Crippen LogP contribution in [0.5, 0.6) is 0 Å². The van der Waals surface area contributed by atoms with E-state index >= 15 is 0 Å². The molecular formula is C9H11F2NO3S. The SMILES string of the molecule is CN(CCO)S(=O)(=O)c1ccc(F)c(F)c1. The Bertz CT molecular complexity index is 476. The summed E-state index contributed by atoms with van der Waals surface area (Å²) in [5.41, 5.74) is 0. The lowest BCUT2D eigenvalue weighted by atomic mass is 10.3. The molecule has 0 saturated carbocycles. The quantitative estimate of drug-likeness (QED) is 0.851. The molecule has 4 nitrogen and oxygen atoms in total. The van der Waals surface area contributed by atoms with Crippen molar-refractivity contribution in [3.8, 4) is 0 Å². The molecule has 1 aromatic rings. The molecule has 0 fully saturated rings. The summed E-state index contributed by atoms with van der Waals surface area (Å²) in [6.45, 7) is -0.458. The topological polar surface area (TPSA) is 57.6 Å². The Balaban J connectivity index is 3.12. The molecule has 0 aromatic heterocycles. The van der Waals surface area contributed by atoms with Gasteiger partial charge in [-0.25, -0.2) is 17.2 Å². The average Bonchev–Trinajstić information content (AvgIpc) is 2.22. The first-order valence-electron chi connectivity index (χ1n) is 4.42. The number of halogens is 2. The highest BCUT2D eigenvalue weighted by molar-refractivity contribution is 7.89. The molecule has 0 aliphatic carbocycles. The molecule has 1 N–H and O–H groups in total. The maximum absolute atomic E-state index is 12.9. The van der Waals surface area contributed by atoms with E-state index in [2.05, 4.69) is 0 Å². The van der Waals surface area contributed by atoms with Gasteiger partial charge < -0.3 is 5.11 Å². The summed E-state index contributed by atoms with van der Waals surface area (Å²) in [4.78, 5) is -0.345. The zero-order chi connectivity index (χ0) is 12.3. The highest BCUT2D eigenvalue weighted by Crippen LogP contribution is 2.16. The van der Waals surface area contributed by atoms with Gasteiger partial charge in [0.25, 0.3) is 0 Å². The number of nitrogens with zero attached hydrogens (tertiary/aromatic N) is 1. The van der Waals surface area contributed by atoms with Crippen LogP contribution in [-0.4, -0.2) is 38.0 Å². The average molecular weight is 251 g/mol. The van der Waals surface area contributed by atoms with Crippen molar-refractivity contribution in [3.63, 3.8) is 0 Å². The third-order valence-electron chi connectivity index (χ3n) is 2.01. The summed E-state index contributed by atoms with van der Waals surface area (Å²) in [5, 5.41) is 8.61. The molecule has 0 saturated heterocycles. The normalized spacial score (nSPS) is 12.1. The maximum atomic E-state index is 12.9. The summed E-state index contributed by atoms with van der Waals surface area (Å²) in [5.74, 6) is -2.33. The van der Waals surface area contributed by atoms with Gasteiger partial charge >= 0.3 is 0 Å². The number of benzene rings is 1. The molecule has 0 unspecified atom stereocenters. The Kier molecular flexibility index (Phi) is 3.95. The molecule has 16 heavy (non-hydrogen) atoms. The predicted molar refractivity (Wildman–Crippen MR) is 53.3 cm³/mol. The summed E-state index contributed by atoms with van der Waals surface area (Å²) in [6.07, 6.45) is 0. The van der Waals surface area contributed by atoms with E-state index in [-0.39, 0.29) is 18.0 Å². The third-order valence-corrected chi connectivity index (χ3v) is 3.87. The second-order valence-electron chi connectivity index (χ2n) is 3.13. The molecule has 0 atom stereocenters. The fourth-order valence-corrected chi connectivity index (χ4v) is 2.25. The molecule has 0 spiro atoms. The van der Waals surface area contributed by atoms with Gasteiger partial charge in [0, 0.05) is 13.6 Å². The van der Waals surface area contributed by atoms with E-state index in [0.29, 0.717) is 6.07 Å². The van der Waals surface area contributed by atoms with Crippen molar-refractivity contribution in [2.45, 2.75) is 4.90 Å². The van der Waals surface area contributed by atoms with Gasteiger partial charge in [-0.1, -0.05) is 0 Å². The standard InChI is InChI=1S/C9H11F2NO3S/c1-12(4-5-13)16(14,15)7-2-3-8(10)9(11)6-7/h2-3,6,13H,4-5H2,1H3. The van der Waals surface area contributed by atoms with Crippen LogP contribution in [0, 0.1) is 11.6 Å². The van der Waals surface area contributed by atoms with E-state index in [1.165, 1.54) is 7.05 Å². The van der Waals surface area contributed by atoms with E-state index in [4.69, 9.17) is 5.11 Å². The van der Waals surface area contributed by atoms with E-state index in [0.717, 1.165) is 16.4 Å². The van der Waals surface area contributed by atoms with Gasteiger partial charge in [0.2, 0.25) is 10.0 Å². The van der Waals surface area contributed by atoms with Crippen molar-refractivity contribution in [2.24, 2.45) is 0 Å². The Morgan fingerprint density at radius 2 is 1.94 bits per heavy atom. The second-order valence-corrected chi connectivity index (χ2v) is 5.17. The predicted octanol–water partition coefficient (Wildman–Crippen LogP) is 0.578. The van der Waals surface area contributed by atoms with Gasteiger partial charge in [0.05, 0.1) is 11.5 Å². The Hall–Kier alpha value is -1.05. The van der Waals surface area contributed by atoms with Gasteiger partial charge in [-0.15, -0.1) is 0 Å². The summed E-state index contributed by atoms with van der Waals surface area (Å²) in [6, 6.07) is 2.33. The van der Waals surface area contributed by atoms with Gasteiger partial charge in [0.1, 0.15) is 0 Å². The monoisotopic (exact) mass is 251 g/mol. The van der Waals surface area contributed by atoms with Crippen LogP contribution in [0.25, 0.3) is 0 Å². The van der Waals surface area contributed by atoms with Gasteiger partial charge in [0.15, 0.2) is 11.6 Å². The summed E-state index contributed by atoms with van der Waals surface area (Å²) in [7, 11) is -2.63. The van der Waals surface area contributed by atoms with Gasteiger partial charge in [-0.2, -0.15) is 4.31 Å². The molecule has 0 aliphatic rings.